The first-order valence-electron chi connectivity index (χ1n) is 10.7. The molecule has 1 saturated heterocycles. The van der Waals surface area contributed by atoms with Crippen molar-refractivity contribution in [3.63, 3.8) is 0 Å². The lowest BCUT2D eigenvalue weighted by atomic mass is 10.1. The van der Waals surface area contributed by atoms with Gasteiger partial charge in [0, 0.05) is 13.7 Å². The second kappa shape index (κ2) is 8.28. The Bertz CT molecular complexity index is 1390. The minimum absolute atomic E-state index is 0.0617. The summed E-state index contributed by atoms with van der Waals surface area (Å²) in [7, 11) is 1.61. The maximum absolute atomic E-state index is 13.9. The predicted molar refractivity (Wildman–Crippen MR) is 117 cm³/mol. The number of H-pyrrole nitrogens is 1. The molecule has 34 heavy (non-hydrogen) atoms. The minimum atomic E-state index is -4.73. The highest BCUT2D eigenvalue weighted by molar-refractivity contribution is 5.81. The monoisotopic (exact) mass is 474 g/mol. The highest BCUT2D eigenvalue weighted by Crippen LogP contribution is 2.38. The molecule has 0 spiro atoms. The van der Waals surface area contributed by atoms with Gasteiger partial charge >= 0.3 is 12.2 Å². The summed E-state index contributed by atoms with van der Waals surface area (Å²) in [4.78, 5) is 19.6. The smallest absolute Gasteiger partial charge is 0.403 e. The zero-order chi connectivity index (χ0) is 24.0. The molecule has 4 heterocycles. The molecule has 1 fully saturated rings. The van der Waals surface area contributed by atoms with E-state index in [1.165, 1.54) is 19.1 Å². The molecule has 9 nitrogen and oxygen atoms in total. The van der Waals surface area contributed by atoms with Crippen molar-refractivity contribution in [2.75, 3.05) is 25.2 Å². The van der Waals surface area contributed by atoms with E-state index in [4.69, 9.17) is 9.15 Å². The molecule has 0 aliphatic carbocycles. The lowest BCUT2D eigenvalue weighted by Gasteiger charge is -2.21. The van der Waals surface area contributed by atoms with E-state index < -0.39 is 17.4 Å². The summed E-state index contributed by atoms with van der Waals surface area (Å²) in [6.45, 7) is 2.70. The van der Waals surface area contributed by atoms with E-state index in [-0.39, 0.29) is 46.0 Å². The summed E-state index contributed by atoms with van der Waals surface area (Å²) in [6, 6.07) is 8.29. The molecule has 5 rings (SSSR count). The average Bonchev–Trinajstić information content (AvgIpc) is 3.52. The van der Waals surface area contributed by atoms with E-state index in [2.05, 4.69) is 20.3 Å². The summed E-state index contributed by atoms with van der Waals surface area (Å²) in [5, 5.41) is 10.3. The van der Waals surface area contributed by atoms with Gasteiger partial charge in [-0.2, -0.15) is 17.7 Å². The van der Waals surface area contributed by atoms with E-state index in [9.17, 15) is 18.0 Å². The maximum Gasteiger partial charge on any atom is 0.433 e. The van der Waals surface area contributed by atoms with Crippen LogP contribution in [0.15, 0.2) is 39.5 Å². The summed E-state index contributed by atoms with van der Waals surface area (Å²) >= 11 is 0. The van der Waals surface area contributed by atoms with Crippen LogP contribution in [0.2, 0.25) is 0 Å². The van der Waals surface area contributed by atoms with Crippen LogP contribution in [0.3, 0.4) is 0 Å². The van der Waals surface area contributed by atoms with Crippen molar-refractivity contribution in [3.05, 3.63) is 52.1 Å². The molecule has 12 heteroatoms. The van der Waals surface area contributed by atoms with Gasteiger partial charge in [-0.05, 0) is 25.3 Å². The van der Waals surface area contributed by atoms with Gasteiger partial charge in [-0.25, -0.2) is 4.98 Å². The fraction of sp³-hybridized carbons (Fsp3) is 0.364. The molecule has 1 N–H and O–H groups in total. The number of nitrogens with one attached hydrogen (secondary N) is 1. The van der Waals surface area contributed by atoms with Crippen LogP contribution in [0.1, 0.15) is 24.2 Å². The van der Waals surface area contributed by atoms with E-state index in [0.29, 0.717) is 13.2 Å². The Morgan fingerprint density at radius 3 is 2.68 bits per heavy atom. The van der Waals surface area contributed by atoms with Gasteiger partial charge < -0.3 is 14.1 Å². The number of benzene rings is 1. The molecule has 1 aliphatic rings. The van der Waals surface area contributed by atoms with Gasteiger partial charge in [0.1, 0.15) is 11.3 Å². The number of nitrogens with zero attached hydrogens (tertiary/aromatic N) is 5. The predicted octanol–water partition coefficient (Wildman–Crippen LogP) is 3.68. The molecule has 1 aromatic carbocycles. The van der Waals surface area contributed by atoms with Crippen molar-refractivity contribution in [1.29, 1.82) is 0 Å². The van der Waals surface area contributed by atoms with Gasteiger partial charge in [0.2, 0.25) is 0 Å². The molecule has 1 aliphatic heterocycles. The van der Waals surface area contributed by atoms with Gasteiger partial charge in [0.25, 0.3) is 11.4 Å². The second-order valence-corrected chi connectivity index (χ2v) is 8.10. The third-order valence-electron chi connectivity index (χ3n) is 5.92. The normalized spacial score (nSPS) is 16.6. The lowest BCUT2D eigenvalue weighted by Crippen LogP contribution is -2.32. The largest absolute Gasteiger partial charge is 0.433 e. The number of ether oxygens (including phenoxy) is 1. The van der Waals surface area contributed by atoms with Crippen LogP contribution >= 0.6 is 0 Å². The number of fused-ring (bicyclic) bond motifs is 1. The van der Waals surface area contributed by atoms with Crippen LogP contribution in [-0.4, -0.2) is 51.1 Å². The Labute approximate surface area is 191 Å². The van der Waals surface area contributed by atoms with Gasteiger partial charge in [0.15, 0.2) is 5.65 Å². The molecular formula is C22H21F3N6O3. The third kappa shape index (κ3) is 3.63. The van der Waals surface area contributed by atoms with Crippen molar-refractivity contribution in [1.82, 2.24) is 24.8 Å². The number of anilines is 1. The van der Waals surface area contributed by atoms with Crippen molar-refractivity contribution in [3.8, 4) is 22.6 Å². The van der Waals surface area contributed by atoms with Crippen LogP contribution in [0, 0.1) is 6.92 Å². The van der Waals surface area contributed by atoms with Crippen LogP contribution in [0.25, 0.3) is 28.2 Å². The van der Waals surface area contributed by atoms with Gasteiger partial charge in [-0.15, -0.1) is 5.10 Å². The second-order valence-electron chi connectivity index (χ2n) is 8.10. The number of rotatable bonds is 5. The topological polar surface area (TPSA) is 102 Å². The summed E-state index contributed by atoms with van der Waals surface area (Å²) in [6.07, 6.45) is -2.92. The van der Waals surface area contributed by atoms with Crippen molar-refractivity contribution >= 4 is 11.7 Å². The molecule has 4 aromatic rings. The van der Waals surface area contributed by atoms with E-state index in [0.717, 1.165) is 17.4 Å². The Kier molecular flexibility index (Phi) is 5.39. The van der Waals surface area contributed by atoms with Crippen LogP contribution in [-0.2, 0) is 10.9 Å². The van der Waals surface area contributed by atoms with Crippen molar-refractivity contribution in [2.24, 2.45) is 0 Å². The van der Waals surface area contributed by atoms with Crippen molar-refractivity contribution in [2.45, 2.75) is 32.0 Å². The molecule has 3 aromatic heterocycles. The number of hydrogen-bond acceptors (Lipinski definition) is 7. The first-order valence-corrected chi connectivity index (χ1v) is 10.7. The fourth-order valence-corrected chi connectivity index (χ4v) is 4.39. The van der Waals surface area contributed by atoms with Gasteiger partial charge in [0.05, 0.1) is 23.9 Å². The maximum atomic E-state index is 13.9. The molecule has 0 radical (unpaired) electrons. The molecule has 0 bridgehead atoms. The molecule has 1 atom stereocenters. The first-order chi connectivity index (χ1) is 16.3. The van der Waals surface area contributed by atoms with E-state index >= 15 is 0 Å². The van der Waals surface area contributed by atoms with Gasteiger partial charge in [-0.3, -0.25) is 9.89 Å². The van der Waals surface area contributed by atoms with Gasteiger partial charge in [-0.1, -0.05) is 35.4 Å². The Hall–Kier alpha value is -3.67. The molecule has 0 saturated carbocycles. The fourth-order valence-electron chi connectivity index (χ4n) is 4.39. The number of methoxy groups -OCH3 is 1. The number of halogens is 3. The van der Waals surface area contributed by atoms with Crippen molar-refractivity contribution < 1.29 is 22.3 Å². The number of aromatic amines is 1. The average molecular weight is 474 g/mol. The number of alkyl halides is 3. The molecule has 1 unspecified atom stereocenters. The Balaban J connectivity index is 1.65. The lowest BCUT2D eigenvalue weighted by molar-refractivity contribution is -0.140. The third-order valence-corrected chi connectivity index (χ3v) is 5.92. The van der Waals surface area contributed by atoms with Crippen LogP contribution in [0.5, 0.6) is 0 Å². The molecule has 178 valence electrons. The quantitative estimate of drug-likeness (QED) is 0.471. The zero-order valence-corrected chi connectivity index (χ0v) is 18.4. The SMILES string of the molecule is COCC1CCCN1c1nnc(-c2c(C)nc3c(-c4ccccc4)c(C(F)(F)F)[nH]n3c2=O)o1. The highest BCUT2D eigenvalue weighted by Gasteiger charge is 2.39. The number of hydrogen-bond donors (Lipinski definition) is 1. The summed E-state index contributed by atoms with van der Waals surface area (Å²) in [5.41, 5.74) is -1.76. The Morgan fingerprint density at radius 2 is 1.97 bits per heavy atom. The first kappa shape index (κ1) is 22.1. The highest BCUT2D eigenvalue weighted by atomic mass is 19.4. The number of aromatic nitrogens is 5. The minimum Gasteiger partial charge on any atom is -0.403 e. The van der Waals surface area contributed by atoms with E-state index in [1.807, 2.05) is 4.90 Å². The van der Waals surface area contributed by atoms with E-state index in [1.54, 1.807) is 25.3 Å². The number of aryl methyl sites for hydroxylation is 1. The molecule has 0 amide bonds. The summed E-state index contributed by atoms with van der Waals surface area (Å²) in [5.74, 6) is -0.105. The van der Waals surface area contributed by atoms with Crippen LogP contribution < -0.4 is 10.5 Å². The van der Waals surface area contributed by atoms with Crippen LogP contribution in [0.4, 0.5) is 19.2 Å². The standard InChI is InChI=1S/C22H21F3N6O3/c1-12-15(19-27-28-21(34-19)30-10-6-9-14(30)11-33-2)20(32)31-18(26-12)16(13-7-4-3-5-8-13)17(29-31)22(23,24)25/h3-5,7-8,14,29H,6,9-11H2,1-2H3. The Morgan fingerprint density at radius 1 is 1.21 bits per heavy atom. The summed E-state index contributed by atoms with van der Waals surface area (Å²) < 4.78 is 53.4. The molecular weight excluding hydrogens is 453 g/mol. The zero-order valence-electron chi connectivity index (χ0n) is 18.4.